The Balaban J connectivity index is 1.23. The first-order valence-electron chi connectivity index (χ1n) is 11.2. The van der Waals surface area contributed by atoms with E-state index in [1.165, 1.54) is 0 Å². The molecule has 0 unspecified atom stereocenters. The van der Waals surface area contributed by atoms with Crippen molar-refractivity contribution < 1.29 is 9.53 Å². The molecule has 2 saturated heterocycles. The Morgan fingerprint density at radius 2 is 1.94 bits per heavy atom. The third-order valence-corrected chi connectivity index (χ3v) is 6.72. The number of hydrogen-bond acceptors (Lipinski definition) is 5. The number of fused-ring (bicyclic) bond motifs is 1. The predicted molar refractivity (Wildman–Crippen MR) is 121 cm³/mol. The van der Waals surface area contributed by atoms with Gasteiger partial charge in [0.25, 0.3) is 0 Å². The van der Waals surface area contributed by atoms with Gasteiger partial charge >= 0.3 is 0 Å². The van der Waals surface area contributed by atoms with Gasteiger partial charge in [0.2, 0.25) is 0 Å². The van der Waals surface area contributed by atoms with E-state index in [9.17, 15) is 4.79 Å². The topological polar surface area (TPSA) is 60.2 Å². The molecule has 0 N–H and O–H groups in total. The Labute approximate surface area is 183 Å². The van der Waals surface area contributed by atoms with Gasteiger partial charge in [-0.15, -0.1) is 0 Å². The molecule has 2 aliphatic heterocycles. The number of aryl methyl sites for hydroxylation is 1. The largest absolute Gasteiger partial charge is 0.380 e. The van der Waals surface area contributed by atoms with Crippen LogP contribution in [0.3, 0.4) is 0 Å². The maximum Gasteiger partial charge on any atom is 0.142 e. The Kier molecular flexibility index (Phi) is 5.36. The van der Waals surface area contributed by atoms with E-state index in [0.29, 0.717) is 17.6 Å². The molecule has 2 fully saturated rings. The molecular weight excluding hydrogens is 388 g/mol. The van der Waals surface area contributed by atoms with Crippen LogP contribution in [0.4, 0.5) is 0 Å². The second-order valence-corrected chi connectivity index (χ2v) is 9.64. The van der Waals surface area contributed by atoms with Gasteiger partial charge in [-0.05, 0) is 49.0 Å². The molecule has 0 saturated carbocycles. The smallest absolute Gasteiger partial charge is 0.142 e. The number of carbonyl (C=O) groups excluding carboxylic acids is 1. The highest BCUT2D eigenvalue weighted by Gasteiger charge is 2.36. The molecule has 0 atom stereocenters. The van der Waals surface area contributed by atoms with E-state index in [4.69, 9.17) is 4.74 Å². The number of benzene rings is 1. The minimum absolute atomic E-state index is 0.154. The highest BCUT2D eigenvalue weighted by molar-refractivity contribution is 5.88. The number of aromatic nitrogens is 3. The van der Waals surface area contributed by atoms with Crippen LogP contribution in [0.25, 0.3) is 21.9 Å². The lowest BCUT2D eigenvalue weighted by atomic mass is 9.85. The Morgan fingerprint density at radius 1 is 1.13 bits per heavy atom. The number of rotatable bonds is 6. The summed E-state index contributed by atoms with van der Waals surface area (Å²) < 4.78 is 7.18. The number of pyridine rings is 1. The van der Waals surface area contributed by atoms with Gasteiger partial charge in [0, 0.05) is 60.4 Å². The lowest BCUT2D eigenvalue weighted by molar-refractivity contribution is -0.127. The number of likely N-dealkylation sites (tertiary alicyclic amines) is 1. The fraction of sp³-hybridized carbons (Fsp3) is 0.480. The lowest BCUT2D eigenvalue weighted by Crippen LogP contribution is -2.50. The molecule has 6 heteroatoms. The standard InChI is InChI=1S/C25H30N4O2/c1-25(16-31-17-25)15-29-7-5-18(6-8-29)24(30)11-23-10-21-9-19(3-4-20(21)12-26-23)22-13-27-28(2)14-22/h3-4,9-10,12-14,18H,5-8,11,15-17H2,1-2H3. The Hall–Kier alpha value is -2.57. The van der Waals surface area contributed by atoms with Crippen LogP contribution in [0.1, 0.15) is 25.5 Å². The summed E-state index contributed by atoms with van der Waals surface area (Å²) in [4.78, 5) is 20.0. The van der Waals surface area contributed by atoms with Gasteiger partial charge in [-0.2, -0.15) is 5.10 Å². The first kappa shape index (κ1) is 20.3. The second kappa shape index (κ2) is 8.17. The summed E-state index contributed by atoms with van der Waals surface area (Å²) in [7, 11) is 1.92. The fourth-order valence-corrected chi connectivity index (χ4v) is 4.85. The SMILES string of the molecule is Cn1cc(-c2ccc3cnc(CC(=O)C4CCN(CC5(C)COC5)CC4)cc3c2)cn1. The van der Waals surface area contributed by atoms with Crippen LogP contribution in [-0.2, 0) is 23.0 Å². The quantitative estimate of drug-likeness (QED) is 0.613. The maximum absolute atomic E-state index is 13.0. The van der Waals surface area contributed by atoms with Gasteiger partial charge < -0.3 is 9.64 Å². The van der Waals surface area contributed by atoms with Crippen molar-refractivity contribution in [1.82, 2.24) is 19.7 Å². The van der Waals surface area contributed by atoms with E-state index in [1.54, 1.807) is 0 Å². The summed E-state index contributed by atoms with van der Waals surface area (Å²) in [5, 5.41) is 6.47. The molecule has 0 aliphatic carbocycles. The molecule has 1 aromatic carbocycles. The Bertz CT molecular complexity index is 1090. The summed E-state index contributed by atoms with van der Waals surface area (Å²) in [6.07, 6.45) is 8.09. The van der Waals surface area contributed by atoms with Crippen molar-refractivity contribution >= 4 is 16.6 Å². The molecule has 162 valence electrons. The van der Waals surface area contributed by atoms with Crippen LogP contribution in [0.5, 0.6) is 0 Å². The van der Waals surface area contributed by atoms with Crippen LogP contribution in [-0.4, -0.2) is 58.3 Å². The van der Waals surface area contributed by atoms with Crippen LogP contribution >= 0.6 is 0 Å². The second-order valence-electron chi connectivity index (χ2n) is 9.64. The highest BCUT2D eigenvalue weighted by Crippen LogP contribution is 2.30. The minimum atomic E-state index is 0.154. The zero-order valence-electron chi connectivity index (χ0n) is 18.4. The average molecular weight is 419 g/mol. The van der Waals surface area contributed by atoms with E-state index >= 15 is 0 Å². The number of carbonyl (C=O) groups is 1. The Morgan fingerprint density at radius 3 is 2.61 bits per heavy atom. The van der Waals surface area contributed by atoms with Crippen molar-refractivity contribution in [2.45, 2.75) is 26.2 Å². The molecular formula is C25H30N4O2. The first-order valence-corrected chi connectivity index (χ1v) is 11.2. The lowest BCUT2D eigenvalue weighted by Gasteiger charge is -2.43. The van der Waals surface area contributed by atoms with Crippen LogP contribution in [0.15, 0.2) is 42.9 Å². The molecule has 0 radical (unpaired) electrons. The van der Waals surface area contributed by atoms with Crippen LogP contribution < -0.4 is 0 Å². The minimum Gasteiger partial charge on any atom is -0.380 e. The number of nitrogens with zero attached hydrogens (tertiary/aromatic N) is 4. The van der Waals surface area contributed by atoms with Crippen molar-refractivity contribution in [1.29, 1.82) is 0 Å². The van der Waals surface area contributed by atoms with Crippen molar-refractivity contribution in [3.05, 3.63) is 48.5 Å². The van der Waals surface area contributed by atoms with E-state index in [-0.39, 0.29) is 5.92 Å². The van der Waals surface area contributed by atoms with E-state index in [1.807, 2.05) is 30.3 Å². The zero-order valence-corrected chi connectivity index (χ0v) is 18.4. The highest BCUT2D eigenvalue weighted by atomic mass is 16.5. The molecule has 6 nitrogen and oxygen atoms in total. The molecule has 0 bridgehead atoms. The zero-order chi connectivity index (χ0) is 21.4. The van der Waals surface area contributed by atoms with Gasteiger partial charge in [0.15, 0.2) is 0 Å². The third-order valence-electron chi connectivity index (χ3n) is 6.72. The molecule has 31 heavy (non-hydrogen) atoms. The van der Waals surface area contributed by atoms with E-state index < -0.39 is 0 Å². The van der Waals surface area contributed by atoms with E-state index in [2.05, 4.69) is 46.2 Å². The van der Waals surface area contributed by atoms with Gasteiger partial charge in [0.05, 0.1) is 19.4 Å². The van der Waals surface area contributed by atoms with Crippen molar-refractivity contribution in [3.63, 3.8) is 0 Å². The molecule has 2 aliphatic rings. The van der Waals surface area contributed by atoms with Crippen molar-refractivity contribution in [2.75, 3.05) is 32.8 Å². The summed E-state index contributed by atoms with van der Waals surface area (Å²) >= 11 is 0. The van der Waals surface area contributed by atoms with Crippen molar-refractivity contribution in [3.8, 4) is 11.1 Å². The summed E-state index contributed by atoms with van der Waals surface area (Å²) in [6, 6.07) is 8.40. The normalized spacial score (nSPS) is 19.4. The van der Waals surface area contributed by atoms with Gasteiger partial charge in [-0.3, -0.25) is 14.5 Å². The summed E-state index contributed by atoms with van der Waals surface area (Å²) in [6.45, 7) is 7.11. The summed E-state index contributed by atoms with van der Waals surface area (Å²) in [5.41, 5.74) is 3.39. The van der Waals surface area contributed by atoms with E-state index in [0.717, 1.165) is 73.3 Å². The van der Waals surface area contributed by atoms with Crippen LogP contribution in [0, 0.1) is 11.3 Å². The monoisotopic (exact) mass is 418 g/mol. The molecule has 2 aromatic heterocycles. The number of ketones is 1. The maximum atomic E-state index is 13.0. The number of Topliss-reactive ketones (excluding diaryl/α,β-unsaturated/α-hetero) is 1. The predicted octanol–water partition coefficient (Wildman–Crippen LogP) is 3.50. The molecule has 0 spiro atoms. The fourth-order valence-electron chi connectivity index (χ4n) is 4.85. The molecule has 0 amide bonds. The molecule has 5 rings (SSSR count). The van der Waals surface area contributed by atoms with Crippen LogP contribution in [0.2, 0.25) is 0 Å². The number of piperidine rings is 1. The third kappa shape index (κ3) is 4.41. The van der Waals surface area contributed by atoms with Crippen molar-refractivity contribution in [2.24, 2.45) is 18.4 Å². The summed E-state index contributed by atoms with van der Waals surface area (Å²) in [5.74, 6) is 0.481. The molecule has 3 aromatic rings. The number of hydrogen-bond donors (Lipinski definition) is 0. The van der Waals surface area contributed by atoms with Gasteiger partial charge in [-0.1, -0.05) is 19.1 Å². The number of ether oxygens (including phenoxy) is 1. The average Bonchev–Trinajstić information content (AvgIpc) is 3.19. The molecule has 4 heterocycles. The van der Waals surface area contributed by atoms with Gasteiger partial charge in [0.1, 0.15) is 5.78 Å². The van der Waals surface area contributed by atoms with Gasteiger partial charge in [-0.25, -0.2) is 0 Å². The first-order chi connectivity index (χ1) is 15.0.